The van der Waals surface area contributed by atoms with E-state index >= 15 is 0 Å². The Balaban J connectivity index is 1.37. The average molecular weight is 449 g/mol. The van der Waals surface area contributed by atoms with E-state index in [1.165, 1.54) is 0 Å². The minimum atomic E-state index is -1.11. The molecule has 0 unspecified atom stereocenters. The highest BCUT2D eigenvalue weighted by molar-refractivity contribution is 6.08. The van der Waals surface area contributed by atoms with E-state index in [9.17, 15) is 19.2 Å². The SMILES string of the molecule is C[C@H](c1ccccc1)N1C[C@H](C(=O)NN2C(=O)N[C@@](C)(CCc3ccccc3)C2=O)CC1=O. The van der Waals surface area contributed by atoms with Crippen LogP contribution in [-0.2, 0) is 20.8 Å². The van der Waals surface area contributed by atoms with Gasteiger partial charge in [-0.15, -0.1) is 0 Å². The lowest BCUT2D eigenvalue weighted by Crippen LogP contribution is -2.50. The number of amides is 5. The molecule has 8 heteroatoms. The molecule has 2 saturated heterocycles. The molecule has 5 amide bonds. The third-order valence-corrected chi connectivity index (χ3v) is 6.52. The molecule has 0 aromatic heterocycles. The summed E-state index contributed by atoms with van der Waals surface area (Å²) in [5, 5.41) is 3.45. The predicted molar refractivity (Wildman–Crippen MR) is 121 cm³/mol. The zero-order valence-electron chi connectivity index (χ0n) is 18.8. The van der Waals surface area contributed by atoms with Gasteiger partial charge in [0.15, 0.2) is 0 Å². The Kier molecular flexibility index (Phi) is 6.18. The van der Waals surface area contributed by atoms with Crippen LogP contribution in [0.1, 0.15) is 43.9 Å². The smallest absolute Gasteiger partial charge is 0.335 e. The maximum absolute atomic E-state index is 13.0. The van der Waals surface area contributed by atoms with Crippen molar-refractivity contribution in [3.63, 3.8) is 0 Å². The summed E-state index contributed by atoms with van der Waals surface area (Å²) in [7, 11) is 0. The Morgan fingerprint density at radius 1 is 1.09 bits per heavy atom. The fourth-order valence-electron chi connectivity index (χ4n) is 4.39. The number of benzene rings is 2. The maximum Gasteiger partial charge on any atom is 0.344 e. The third kappa shape index (κ3) is 4.60. The molecular formula is C25H28N4O4. The Morgan fingerprint density at radius 2 is 1.73 bits per heavy atom. The molecule has 0 spiro atoms. The monoisotopic (exact) mass is 448 g/mol. The summed E-state index contributed by atoms with van der Waals surface area (Å²) in [6, 6.07) is 18.4. The minimum absolute atomic E-state index is 0.0396. The number of carbonyl (C=O) groups is 4. The first-order chi connectivity index (χ1) is 15.8. The Labute approximate surface area is 192 Å². The number of likely N-dealkylation sites (tertiary alicyclic amines) is 1. The van der Waals surface area contributed by atoms with E-state index in [0.29, 0.717) is 12.8 Å². The van der Waals surface area contributed by atoms with Crippen molar-refractivity contribution in [1.82, 2.24) is 20.7 Å². The normalized spacial score (nSPS) is 23.6. The molecule has 2 heterocycles. The molecule has 2 aromatic rings. The molecule has 2 N–H and O–H groups in total. The molecule has 2 aliphatic rings. The Hall–Kier alpha value is -3.68. The summed E-state index contributed by atoms with van der Waals surface area (Å²) in [5.41, 5.74) is 3.37. The standard InChI is InChI=1S/C25H28N4O4/c1-17(19-11-7-4-8-12-19)28-16-20(15-21(28)30)22(31)27-29-23(32)25(2,26-24(29)33)14-13-18-9-5-3-6-10-18/h3-12,17,20H,13-16H2,1-2H3,(H,26,33)(H,27,31)/t17-,20-,25+/m1/s1. The highest BCUT2D eigenvalue weighted by Gasteiger charge is 2.49. The zero-order chi connectivity index (χ0) is 23.6. The van der Waals surface area contributed by atoms with E-state index in [4.69, 9.17) is 0 Å². The van der Waals surface area contributed by atoms with Gasteiger partial charge in [0.05, 0.1) is 12.0 Å². The molecule has 33 heavy (non-hydrogen) atoms. The van der Waals surface area contributed by atoms with Gasteiger partial charge in [-0.2, -0.15) is 5.01 Å². The van der Waals surface area contributed by atoms with Crippen molar-refractivity contribution in [3.8, 4) is 0 Å². The van der Waals surface area contributed by atoms with Crippen LogP contribution in [0.5, 0.6) is 0 Å². The van der Waals surface area contributed by atoms with Crippen molar-refractivity contribution in [1.29, 1.82) is 0 Å². The van der Waals surface area contributed by atoms with Crippen molar-refractivity contribution in [2.45, 2.75) is 44.7 Å². The molecule has 8 nitrogen and oxygen atoms in total. The quantitative estimate of drug-likeness (QED) is 0.636. The number of imide groups is 1. The largest absolute Gasteiger partial charge is 0.344 e. The number of urea groups is 1. The van der Waals surface area contributed by atoms with Crippen molar-refractivity contribution in [3.05, 3.63) is 71.8 Å². The molecule has 172 valence electrons. The predicted octanol–water partition coefficient (Wildman–Crippen LogP) is 2.57. The summed E-state index contributed by atoms with van der Waals surface area (Å²) in [4.78, 5) is 52.6. The summed E-state index contributed by atoms with van der Waals surface area (Å²) >= 11 is 0. The number of carbonyl (C=O) groups excluding carboxylic acids is 4. The molecule has 0 saturated carbocycles. The van der Waals surface area contributed by atoms with Crippen molar-refractivity contribution >= 4 is 23.8 Å². The molecule has 0 radical (unpaired) electrons. The highest BCUT2D eigenvalue weighted by atomic mass is 16.2. The van der Waals surface area contributed by atoms with Crippen LogP contribution in [0.2, 0.25) is 0 Å². The minimum Gasteiger partial charge on any atom is -0.335 e. The molecule has 3 atom stereocenters. The highest BCUT2D eigenvalue weighted by Crippen LogP contribution is 2.29. The fraction of sp³-hybridized carbons (Fsp3) is 0.360. The Morgan fingerprint density at radius 3 is 2.39 bits per heavy atom. The van der Waals surface area contributed by atoms with E-state index in [2.05, 4.69) is 10.7 Å². The summed E-state index contributed by atoms with van der Waals surface area (Å²) in [6.45, 7) is 3.81. The van der Waals surface area contributed by atoms with E-state index in [0.717, 1.165) is 16.1 Å². The second-order valence-electron chi connectivity index (χ2n) is 8.90. The van der Waals surface area contributed by atoms with Gasteiger partial charge in [-0.3, -0.25) is 19.8 Å². The molecular weight excluding hydrogens is 420 g/mol. The average Bonchev–Trinajstić information content (AvgIpc) is 3.31. The molecule has 4 rings (SSSR count). The lowest BCUT2D eigenvalue weighted by atomic mass is 9.93. The number of hydrogen-bond acceptors (Lipinski definition) is 4. The van der Waals surface area contributed by atoms with Gasteiger partial charge in [0.1, 0.15) is 5.54 Å². The summed E-state index contributed by atoms with van der Waals surface area (Å²) < 4.78 is 0. The number of hydrogen-bond donors (Lipinski definition) is 2. The summed E-state index contributed by atoms with van der Waals surface area (Å²) in [6.07, 6.45) is 1.05. The maximum atomic E-state index is 13.0. The first kappa shape index (κ1) is 22.5. The zero-order valence-corrected chi connectivity index (χ0v) is 18.8. The van der Waals surface area contributed by atoms with Gasteiger partial charge in [0.2, 0.25) is 11.8 Å². The summed E-state index contributed by atoms with van der Waals surface area (Å²) in [5.74, 6) is -1.78. The third-order valence-electron chi connectivity index (χ3n) is 6.52. The van der Waals surface area contributed by atoms with Crippen molar-refractivity contribution in [2.24, 2.45) is 5.92 Å². The van der Waals surface area contributed by atoms with Crippen LogP contribution in [0.25, 0.3) is 0 Å². The number of nitrogens with zero attached hydrogens (tertiary/aromatic N) is 2. The van der Waals surface area contributed by atoms with Crippen LogP contribution in [0, 0.1) is 5.92 Å². The van der Waals surface area contributed by atoms with Crippen LogP contribution in [-0.4, -0.2) is 45.7 Å². The lowest BCUT2D eigenvalue weighted by Gasteiger charge is -2.25. The molecule has 0 bridgehead atoms. The van der Waals surface area contributed by atoms with Gasteiger partial charge in [0.25, 0.3) is 5.91 Å². The van der Waals surface area contributed by atoms with E-state index < -0.39 is 29.3 Å². The van der Waals surface area contributed by atoms with Gasteiger partial charge in [-0.25, -0.2) is 4.79 Å². The Bertz CT molecular complexity index is 1060. The van der Waals surface area contributed by atoms with Crippen LogP contribution >= 0.6 is 0 Å². The number of nitrogens with one attached hydrogen (secondary N) is 2. The first-order valence-corrected chi connectivity index (χ1v) is 11.1. The number of aryl methyl sites for hydroxylation is 1. The van der Waals surface area contributed by atoms with Crippen LogP contribution in [0.15, 0.2) is 60.7 Å². The first-order valence-electron chi connectivity index (χ1n) is 11.1. The fourth-order valence-corrected chi connectivity index (χ4v) is 4.39. The van der Waals surface area contributed by atoms with Gasteiger partial charge in [-0.1, -0.05) is 60.7 Å². The molecule has 0 aliphatic carbocycles. The topological polar surface area (TPSA) is 98.8 Å². The van der Waals surface area contributed by atoms with E-state index in [1.807, 2.05) is 67.6 Å². The van der Waals surface area contributed by atoms with Gasteiger partial charge >= 0.3 is 6.03 Å². The van der Waals surface area contributed by atoms with Crippen molar-refractivity contribution in [2.75, 3.05) is 6.54 Å². The number of rotatable bonds is 7. The van der Waals surface area contributed by atoms with Crippen LogP contribution in [0.3, 0.4) is 0 Å². The van der Waals surface area contributed by atoms with E-state index in [-0.39, 0.29) is 24.9 Å². The molecule has 2 fully saturated rings. The lowest BCUT2D eigenvalue weighted by molar-refractivity contribution is -0.140. The van der Waals surface area contributed by atoms with Crippen LogP contribution in [0.4, 0.5) is 4.79 Å². The van der Waals surface area contributed by atoms with E-state index in [1.54, 1.807) is 11.8 Å². The van der Waals surface area contributed by atoms with Gasteiger partial charge < -0.3 is 10.2 Å². The van der Waals surface area contributed by atoms with Gasteiger partial charge in [-0.05, 0) is 37.8 Å². The second kappa shape index (κ2) is 9.05. The van der Waals surface area contributed by atoms with Crippen LogP contribution < -0.4 is 10.7 Å². The second-order valence-corrected chi connectivity index (χ2v) is 8.90. The van der Waals surface area contributed by atoms with Crippen molar-refractivity contribution < 1.29 is 19.2 Å². The molecule has 2 aliphatic heterocycles. The number of hydrazine groups is 1. The van der Waals surface area contributed by atoms with Gasteiger partial charge in [0, 0.05) is 13.0 Å². The molecule has 2 aromatic carbocycles.